The van der Waals surface area contributed by atoms with Crippen molar-refractivity contribution in [3.05, 3.63) is 100 Å². The second-order valence-corrected chi connectivity index (χ2v) is 7.02. The molecule has 0 saturated carbocycles. The summed E-state index contributed by atoms with van der Waals surface area (Å²) >= 11 is 0. The molecular weight excluding hydrogens is 364 g/mol. The van der Waals surface area contributed by atoms with Crippen LogP contribution in [-0.2, 0) is 6.42 Å². The van der Waals surface area contributed by atoms with Gasteiger partial charge in [-0.25, -0.2) is 4.79 Å². The Balaban J connectivity index is 1.37. The van der Waals surface area contributed by atoms with Crippen LogP contribution >= 0.6 is 0 Å². The van der Waals surface area contributed by atoms with E-state index in [-0.39, 0.29) is 5.56 Å². The molecule has 0 atom stereocenters. The molecule has 1 amide bonds. The first-order chi connectivity index (χ1) is 14.2. The van der Waals surface area contributed by atoms with Crippen molar-refractivity contribution < 1.29 is 9.21 Å². The third kappa shape index (κ3) is 3.17. The first-order valence-corrected chi connectivity index (χ1v) is 9.49. The third-order valence-corrected chi connectivity index (χ3v) is 5.21. The summed E-state index contributed by atoms with van der Waals surface area (Å²) in [6.07, 6.45) is 1.02. The van der Waals surface area contributed by atoms with Crippen molar-refractivity contribution in [3.8, 4) is 0 Å². The average Bonchev–Trinajstić information content (AvgIpc) is 3.18. The number of benzene rings is 3. The summed E-state index contributed by atoms with van der Waals surface area (Å²) in [4.78, 5) is 27.0. The molecule has 5 rings (SSSR count). The molecule has 5 nitrogen and oxygen atoms in total. The number of carbonyl (C=O) groups is 1. The van der Waals surface area contributed by atoms with Crippen LogP contribution in [0.4, 0.5) is 17.1 Å². The van der Waals surface area contributed by atoms with Gasteiger partial charge in [0.15, 0.2) is 0 Å². The van der Waals surface area contributed by atoms with Crippen molar-refractivity contribution in [2.24, 2.45) is 0 Å². The predicted octanol–water partition coefficient (Wildman–Crippen LogP) is 4.74. The van der Waals surface area contributed by atoms with Crippen LogP contribution in [0.2, 0.25) is 0 Å². The van der Waals surface area contributed by atoms with Gasteiger partial charge in [0.1, 0.15) is 11.1 Å². The third-order valence-electron chi connectivity index (χ3n) is 5.21. The van der Waals surface area contributed by atoms with Crippen molar-refractivity contribution >= 4 is 33.9 Å². The summed E-state index contributed by atoms with van der Waals surface area (Å²) in [7, 11) is 0. The van der Waals surface area contributed by atoms with Gasteiger partial charge >= 0.3 is 5.63 Å². The van der Waals surface area contributed by atoms with E-state index >= 15 is 0 Å². The van der Waals surface area contributed by atoms with E-state index in [4.69, 9.17) is 4.42 Å². The van der Waals surface area contributed by atoms with E-state index in [0.29, 0.717) is 16.7 Å². The van der Waals surface area contributed by atoms with Crippen molar-refractivity contribution in [2.75, 3.05) is 16.8 Å². The molecule has 0 aliphatic carbocycles. The Labute approximate surface area is 167 Å². The number of amides is 1. The highest BCUT2D eigenvalue weighted by Crippen LogP contribution is 2.34. The number of para-hydroxylation sites is 2. The van der Waals surface area contributed by atoms with Gasteiger partial charge in [0.25, 0.3) is 5.91 Å². The number of rotatable bonds is 3. The molecule has 1 aliphatic rings. The van der Waals surface area contributed by atoms with Gasteiger partial charge in [0.2, 0.25) is 0 Å². The van der Waals surface area contributed by atoms with Crippen LogP contribution in [-0.4, -0.2) is 12.5 Å². The molecule has 0 saturated heterocycles. The summed E-state index contributed by atoms with van der Waals surface area (Å²) in [5, 5.41) is 3.49. The fourth-order valence-corrected chi connectivity index (χ4v) is 3.75. The fraction of sp³-hybridized carbons (Fsp3) is 0.0833. The van der Waals surface area contributed by atoms with Crippen molar-refractivity contribution in [2.45, 2.75) is 6.42 Å². The fourth-order valence-electron chi connectivity index (χ4n) is 3.75. The maximum Gasteiger partial charge on any atom is 0.349 e. The molecule has 0 fully saturated rings. The van der Waals surface area contributed by atoms with Crippen molar-refractivity contribution in [1.29, 1.82) is 0 Å². The maximum absolute atomic E-state index is 12.6. The SMILES string of the molecule is O=C(Nc1ccc(N2CCc3ccccc32)cc1)c1cc2ccccc2oc1=O. The largest absolute Gasteiger partial charge is 0.422 e. The van der Waals surface area contributed by atoms with E-state index in [9.17, 15) is 9.59 Å². The quantitative estimate of drug-likeness (QED) is 0.520. The molecule has 2 heterocycles. The molecule has 0 bridgehead atoms. The zero-order valence-electron chi connectivity index (χ0n) is 15.6. The highest BCUT2D eigenvalue weighted by molar-refractivity contribution is 6.05. The van der Waals surface area contributed by atoms with E-state index in [2.05, 4.69) is 28.4 Å². The lowest BCUT2D eigenvalue weighted by Gasteiger charge is -2.20. The molecule has 0 unspecified atom stereocenters. The average molecular weight is 382 g/mol. The van der Waals surface area contributed by atoms with Gasteiger partial charge in [-0.2, -0.15) is 0 Å². The second kappa shape index (κ2) is 6.95. The molecule has 1 aliphatic heterocycles. The van der Waals surface area contributed by atoms with Gasteiger partial charge in [-0.1, -0.05) is 36.4 Å². The predicted molar refractivity (Wildman–Crippen MR) is 114 cm³/mol. The summed E-state index contributed by atoms with van der Waals surface area (Å²) in [6.45, 7) is 0.934. The van der Waals surface area contributed by atoms with Crippen LogP contribution < -0.4 is 15.8 Å². The molecule has 4 aromatic rings. The lowest BCUT2D eigenvalue weighted by atomic mass is 10.1. The minimum atomic E-state index is -0.647. The Kier molecular flexibility index (Phi) is 4.13. The Hall–Kier alpha value is -3.86. The normalized spacial score (nSPS) is 12.8. The van der Waals surface area contributed by atoms with Gasteiger partial charge in [-0.3, -0.25) is 4.79 Å². The Morgan fingerprint density at radius 2 is 1.69 bits per heavy atom. The molecule has 142 valence electrons. The van der Waals surface area contributed by atoms with Crippen molar-refractivity contribution in [1.82, 2.24) is 0 Å². The Morgan fingerprint density at radius 3 is 2.55 bits per heavy atom. The summed E-state index contributed by atoms with van der Waals surface area (Å²) in [5.74, 6) is -0.483. The van der Waals surface area contributed by atoms with Gasteiger partial charge in [-0.15, -0.1) is 0 Å². The van der Waals surface area contributed by atoms with E-state index in [1.54, 1.807) is 24.3 Å². The van der Waals surface area contributed by atoms with E-state index in [0.717, 1.165) is 18.7 Å². The number of carbonyl (C=O) groups excluding carboxylic acids is 1. The summed E-state index contributed by atoms with van der Waals surface area (Å²) in [6, 6.07) is 24.7. The minimum Gasteiger partial charge on any atom is -0.422 e. The van der Waals surface area contributed by atoms with Crippen LogP contribution in [0, 0.1) is 0 Å². The monoisotopic (exact) mass is 382 g/mol. The second-order valence-electron chi connectivity index (χ2n) is 7.02. The molecule has 29 heavy (non-hydrogen) atoms. The molecule has 1 N–H and O–H groups in total. The molecule has 0 spiro atoms. The van der Waals surface area contributed by atoms with Crippen LogP contribution in [0.15, 0.2) is 88.1 Å². The number of fused-ring (bicyclic) bond motifs is 2. The summed E-state index contributed by atoms with van der Waals surface area (Å²) < 4.78 is 5.25. The first kappa shape index (κ1) is 17.3. The lowest BCUT2D eigenvalue weighted by Crippen LogP contribution is -2.20. The van der Waals surface area contributed by atoms with Crippen LogP contribution in [0.1, 0.15) is 15.9 Å². The zero-order chi connectivity index (χ0) is 19.8. The number of nitrogens with zero attached hydrogens (tertiary/aromatic N) is 1. The molecule has 1 aromatic heterocycles. The van der Waals surface area contributed by atoms with Gasteiger partial charge in [0, 0.05) is 29.0 Å². The van der Waals surface area contributed by atoms with E-state index in [1.807, 2.05) is 36.4 Å². The standard InChI is InChI=1S/C24H18N2O3/c27-23(20-15-17-6-2-4-8-22(17)29-24(20)28)25-18-9-11-19(12-10-18)26-14-13-16-5-1-3-7-21(16)26/h1-12,15H,13-14H2,(H,25,27). The first-order valence-electron chi connectivity index (χ1n) is 9.49. The van der Waals surface area contributed by atoms with Crippen LogP contribution in [0.3, 0.4) is 0 Å². The number of nitrogens with one attached hydrogen (secondary N) is 1. The summed E-state index contributed by atoms with van der Waals surface area (Å²) in [5.41, 5.74) is 4.06. The van der Waals surface area contributed by atoms with Gasteiger partial charge < -0.3 is 14.6 Å². The van der Waals surface area contributed by atoms with E-state index < -0.39 is 11.5 Å². The van der Waals surface area contributed by atoms with Gasteiger partial charge in [-0.05, 0) is 54.4 Å². The Bertz CT molecular complexity index is 1280. The van der Waals surface area contributed by atoms with Crippen LogP contribution in [0.5, 0.6) is 0 Å². The van der Waals surface area contributed by atoms with E-state index in [1.165, 1.54) is 11.3 Å². The van der Waals surface area contributed by atoms with Crippen molar-refractivity contribution in [3.63, 3.8) is 0 Å². The minimum absolute atomic E-state index is 0.0127. The molecule has 3 aromatic carbocycles. The van der Waals surface area contributed by atoms with Gasteiger partial charge in [0.05, 0.1) is 0 Å². The smallest absolute Gasteiger partial charge is 0.349 e. The topological polar surface area (TPSA) is 62.6 Å². The number of hydrogen-bond acceptors (Lipinski definition) is 4. The molecule has 5 heteroatoms. The highest BCUT2D eigenvalue weighted by Gasteiger charge is 2.20. The lowest BCUT2D eigenvalue weighted by molar-refractivity contribution is 0.102. The van der Waals surface area contributed by atoms with Crippen LogP contribution in [0.25, 0.3) is 11.0 Å². The Morgan fingerprint density at radius 1 is 0.931 bits per heavy atom. The highest BCUT2D eigenvalue weighted by atomic mass is 16.4. The number of hydrogen-bond donors (Lipinski definition) is 1. The zero-order valence-corrected chi connectivity index (χ0v) is 15.6. The maximum atomic E-state index is 12.6. The molecular formula is C24H18N2O3. The number of anilines is 3. The molecule has 0 radical (unpaired) electrons.